The van der Waals surface area contributed by atoms with Gasteiger partial charge in [0.15, 0.2) is 5.13 Å². The van der Waals surface area contributed by atoms with Crippen LogP contribution in [0, 0.1) is 0 Å². The van der Waals surface area contributed by atoms with Crippen LogP contribution in [0.1, 0.15) is 4.88 Å². The minimum atomic E-state index is 0.643. The Morgan fingerprint density at radius 1 is 1.62 bits per heavy atom. The van der Waals surface area contributed by atoms with Crippen LogP contribution in [-0.4, -0.2) is 37.1 Å². The van der Waals surface area contributed by atoms with Crippen molar-refractivity contribution in [1.82, 2.24) is 15.2 Å². The molecule has 0 radical (unpaired) electrons. The maximum Gasteiger partial charge on any atom is 0.180 e. The monoisotopic (exact) mass is 200 g/mol. The Hall–Kier alpha value is -0.650. The maximum atomic E-state index is 5.50. The van der Waals surface area contributed by atoms with E-state index in [-0.39, 0.29) is 0 Å². The topological polar surface area (TPSA) is 54.2 Å². The smallest absolute Gasteiger partial charge is 0.180 e. The summed E-state index contributed by atoms with van der Waals surface area (Å²) in [5.74, 6) is 0. The molecule has 1 aromatic heterocycles. The van der Waals surface area contributed by atoms with Crippen LogP contribution < -0.4 is 11.1 Å². The Kier molecular flexibility index (Phi) is 4.14. The second kappa shape index (κ2) is 5.16. The molecule has 0 bridgehead atoms. The van der Waals surface area contributed by atoms with E-state index in [4.69, 9.17) is 5.73 Å². The normalized spacial score (nSPS) is 11.0. The van der Waals surface area contributed by atoms with Gasteiger partial charge in [0.1, 0.15) is 0 Å². The fraction of sp³-hybridized carbons (Fsp3) is 0.625. The fourth-order valence-electron chi connectivity index (χ4n) is 0.919. The largest absolute Gasteiger partial charge is 0.375 e. The number of hydrogen-bond donors (Lipinski definition) is 2. The van der Waals surface area contributed by atoms with E-state index < -0.39 is 0 Å². The van der Waals surface area contributed by atoms with Gasteiger partial charge < -0.3 is 16.0 Å². The van der Waals surface area contributed by atoms with Crippen LogP contribution in [0.3, 0.4) is 0 Å². The second-order valence-corrected chi connectivity index (χ2v) is 4.29. The van der Waals surface area contributed by atoms with Gasteiger partial charge in [-0.15, -0.1) is 11.3 Å². The van der Waals surface area contributed by atoms with E-state index in [9.17, 15) is 0 Å². The van der Waals surface area contributed by atoms with Gasteiger partial charge in [0, 0.05) is 30.7 Å². The molecule has 3 N–H and O–H groups in total. The van der Waals surface area contributed by atoms with E-state index in [1.807, 2.05) is 6.20 Å². The van der Waals surface area contributed by atoms with Crippen molar-refractivity contribution in [3.63, 3.8) is 0 Å². The van der Waals surface area contributed by atoms with Gasteiger partial charge in [0.2, 0.25) is 0 Å². The van der Waals surface area contributed by atoms with Crippen molar-refractivity contribution >= 4 is 16.5 Å². The standard InChI is InChI=1S/C8H16N4S/c1-12(2)4-3-10-5-7-6-11-8(9)13-7/h6,10H,3-5H2,1-2H3,(H2,9,11). The van der Waals surface area contributed by atoms with E-state index in [0.29, 0.717) is 5.13 Å². The van der Waals surface area contributed by atoms with Crippen molar-refractivity contribution in [3.05, 3.63) is 11.1 Å². The number of nitrogen functional groups attached to an aromatic ring is 1. The quantitative estimate of drug-likeness (QED) is 0.675. The lowest BCUT2D eigenvalue weighted by molar-refractivity contribution is 0.400. The number of nitrogens with two attached hydrogens (primary N) is 1. The summed E-state index contributed by atoms with van der Waals surface area (Å²) in [5.41, 5.74) is 5.50. The zero-order valence-corrected chi connectivity index (χ0v) is 8.90. The molecule has 0 saturated carbocycles. The average molecular weight is 200 g/mol. The molecule has 0 aliphatic rings. The summed E-state index contributed by atoms with van der Waals surface area (Å²) >= 11 is 1.54. The molecule has 0 aromatic carbocycles. The molecule has 5 heteroatoms. The lowest BCUT2D eigenvalue weighted by atomic mass is 10.5. The molecular weight excluding hydrogens is 184 g/mol. The molecule has 0 aliphatic carbocycles. The molecule has 0 amide bonds. The lowest BCUT2D eigenvalue weighted by Gasteiger charge is -2.09. The third-order valence-corrected chi connectivity index (χ3v) is 2.43. The zero-order chi connectivity index (χ0) is 9.68. The van der Waals surface area contributed by atoms with E-state index >= 15 is 0 Å². The zero-order valence-electron chi connectivity index (χ0n) is 8.08. The molecule has 0 saturated heterocycles. The van der Waals surface area contributed by atoms with E-state index in [1.165, 1.54) is 16.2 Å². The highest BCUT2D eigenvalue weighted by atomic mass is 32.1. The minimum absolute atomic E-state index is 0.643. The van der Waals surface area contributed by atoms with E-state index in [2.05, 4.69) is 29.3 Å². The molecule has 0 fully saturated rings. The van der Waals surface area contributed by atoms with Crippen molar-refractivity contribution in [2.45, 2.75) is 6.54 Å². The third kappa shape index (κ3) is 4.21. The summed E-state index contributed by atoms with van der Waals surface area (Å²) in [6, 6.07) is 0. The van der Waals surface area contributed by atoms with Gasteiger partial charge in [-0.1, -0.05) is 0 Å². The predicted molar refractivity (Wildman–Crippen MR) is 56.8 cm³/mol. The van der Waals surface area contributed by atoms with Gasteiger partial charge in [-0.25, -0.2) is 4.98 Å². The van der Waals surface area contributed by atoms with Crippen LogP contribution in [0.25, 0.3) is 0 Å². The fourth-order valence-corrected chi connectivity index (χ4v) is 1.57. The van der Waals surface area contributed by atoms with Gasteiger partial charge in [-0.3, -0.25) is 0 Å². The molecule has 0 aliphatic heterocycles. The Morgan fingerprint density at radius 2 is 2.38 bits per heavy atom. The molecule has 1 heterocycles. The SMILES string of the molecule is CN(C)CCNCc1cnc(N)s1. The third-order valence-electron chi connectivity index (χ3n) is 1.61. The summed E-state index contributed by atoms with van der Waals surface area (Å²) in [4.78, 5) is 7.31. The number of likely N-dealkylation sites (N-methyl/N-ethyl adjacent to an activating group) is 1. The van der Waals surface area contributed by atoms with Crippen molar-refractivity contribution in [1.29, 1.82) is 0 Å². The van der Waals surface area contributed by atoms with E-state index in [1.54, 1.807) is 0 Å². The van der Waals surface area contributed by atoms with Crippen LogP contribution in [0.4, 0.5) is 5.13 Å². The summed E-state index contributed by atoms with van der Waals surface area (Å²) in [6.07, 6.45) is 1.82. The van der Waals surface area contributed by atoms with Gasteiger partial charge in [0.25, 0.3) is 0 Å². The van der Waals surface area contributed by atoms with E-state index in [0.717, 1.165) is 19.6 Å². The molecule has 4 nitrogen and oxygen atoms in total. The van der Waals surface area contributed by atoms with Crippen LogP contribution in [0.15, 0.2) is 6.20 Å². The number of aromatic nitrogens is 1. The summed E-state index contributed by atoms with van der Waals surface area (Å²) in [5, 5.41) is 3.96. The Morgan fingerprint density at radius 3 is 2.92 bits per heavy atom. The first kappa shape index (κ1) is 10.4. The average Bonchev–Trinajstić information content (AvgIpc) is 2.45. The van der Waals surface area contributed by atoms with Crippen molar-refractivity contribution in [3.8, 4) is 0 Å². The van der Waals surface area contributed by atoms with Crippen molar-refractivity contribution in [2.75, 3.05) is 32.9 Å². The number of rotatable bonds is 5. The summed E-state index contributed by atoms with van der Waals surface area (Å²) < 4.78 is 0. The maximum absolute atomic E-state index is 5.50. The van der Waals surface area contributed by atoms with Crippen LogP contribution in [0.2, 0.25) is 0 Å². The summed E-state index contributed by atoms with van der Waals surface area (Å²) in [7, 11) is 4.12. The van der Waals surface area contributed by atoms with Gasteiger partial charge in [-0.2, -0.15) is 0 Å². The highest BCUT2D eigenvalue weighted by Gasteiger charge is 1.97. The predicted octanol–water partition coefficient (Wildman–Crippen LogP) is 0.376. The molecule has 0 unspecified atom stereocenters. The number of nitrogens with one attached hydrogen (secondary N) is 1. The first-order chi connectivity index (χ1) is 6.18. The Balaban J connectivity index is 2.13. The Bertz CT molecular complexity index is 246. The molecular formula is C8H16N4S. The number of thiazole rings is 1. The molecule has 1 aromatic rings. The van der Waals surface area contributed by atoms with Crippen LogP contribution in [-0.2, 0) is 6.54 Å². The van der Waals surface area contributed by atoms with Crippen molar-refractivity contribution < 1.29 is 0 Å². The molecule has 74 valence electrons. The second-order valence-electron chi connectivity index (χ2n) is 3.14. The van der Waals surface area contributed by atoms with Crippen LogP contribution in [0.5, 0.6) is 0 Å². The molecule has 13 heavy (non-hydrogen) atoms. The van der Waals surface area contributed by atoms with Gasteiger partial charge in [0.05, 0.1) is 0 Å². The van der Waals surface area contributed by atoms with Gasteiger partial charge >= 0.3 is 0 Å². The highest BCUT2D eigenvalue weighted by Crippen LogP contribution is 2.13. The first-order valence-corrected chi connectivity index (χ1v) is 5.06. The molecule has 0 atom stereocenters. The van der Waals surface area contributed by atoms with Gasteiger partial charge in [-0.05, 0) is 14.1 Å². The molecule has 1 rings (SSSR count). The minimum Gasteiger partial charge on any atom is -0.375 e. The van der Waals surface area contributed by atoms with Crippen LogP contribution >= 0.6 is 11.3 Å². The Labute approximate surface area is 82.8 Å². The van der Waals surface area contributed by atoms with Crippen molar-refractivity contribution in [2.24, 2.45) is 0 Å². The molecule has 0 spiro atoms. The first-order valence-electron chi connectivity index (χ1n) is 4.24. The number of nitrogens with zero attached hydrogens (tertiary/aromatic N) is 2. The number of anilines is 1. The highest BCUT2D eigenvalue weighted by molar-refractivity contribution is 7.15. The number of hydrogen-bond acceptors (Lipinski definition) is 5. The lowest BCUT2D eigenvalue weighted by Crippen LogP contribution is -2.25. The summed E-state index contributed by atoms with van der Waals surface area (Å²) in [6.45, 7) is 2.90.